The monoisotopic (exact) mass is 445 g/mol. The van der Waals surface area contributed by atoms with Gasteiger partial charge in [0.25, 0.3) is 0 Å². The van der Waals surface area contributed by atoms with E-state index in [1.165, 1.54) is 22.5 Å². The maximum Gasteiger partial charge on any atom is 0.240 e. The van der Waals surface area contributed by atoms with Crippen LogP contribution in [0.15, 0.2) is 54.7 Å². The number of aryl methyl sites for hydroxylation is 1. The van der Waals surface area contributed by atoms with Crippen molar-refractivity contribution in [3.8, 4) is 6.07 Å². The van der Waals surface area contributed by atoms with Gasteiger partial charge in [0.15, 0.2) is 5.13 Å². The third kappa shape index (κ3) is 5.94. The number of carbonyl (C=O) groups is 1. The molecule has 0 unspecified atom stereocenters. The number of rotatable bonds is 6. The van der Waals surface area contributed by atoms with Crippen molar-refractivity contribution in [3.63, 3.8) is 0 Å². The Balaban J connectivity index is 1.27. The second kappa shape index (κ2) is 10.4. The van der Waals surface area contributed by atoms with Gasteiger partial charge in [-0.2, -0.15) is 5.26 Å². The Morgan fingerprint density at radius 1 is 1.16 bits per heavy atom. The molecule has 1 fully saturated rings. The van der Waals surface area contributed by atoms with Gasteiger partial charge < -0.3 is 10.2 Å². The van der Waals surface area contributed by atoms with Gasteiger partial charge in [0.1, 0.15) is 0 Å². The van der Waals surface area contributed by atoms with Crippen LogP contribution in [0.1, 0.15) is 28.0 Å². The molecular formula is C25H27N5OS. The van der Waals surface area contributed by atoms with E-state index in [9.17, 15) is 4.79 Å². The minimum atomic E-state index is -0.0201. The molecule has 2 heterocycles. The number of carbonyl (C=O) groups excluding carboxylic acids is 1. The molecule has 1 aromatic heterocycles. The van der Waals surface area contributed by atoms with Gasteiger partial charge in [-0.3, -0.25) is 9.69 Å². The fourth-order valence-electron chi connectivity index (χ4n) is 3.97. The number of hydrogen-bond donors (Lipinski definition) is 1. The van der Waals surface area contributed by atoms with Crippen LogP contribution >= 0.6 is 11.3 Å². The molecule has 164 valence electrons. The van der Waals surface area contributed by atoms with Crippen LogP contribution in [0.2, 0.25) is 0 Å². The molecule has 0 bridgehead atoms. The van der Waals surface area contributed by atoms with Crippen molar-refractivity contribution < 1.29 is 4.79 Å². The fourth-order valence-corrected chi connectivity index (χ4v) is 4.83. The smallest absolute Gasteiger partial charge is 0.240 e. The third-order valence-electron chi connectivity index (χ3n) is 5.58. The highest BCUT2D eigenvalue weighted by Gasteiger charge is 2.18. The molecular weight excluding hydrogens is 418 g/mol. The second-order valence-corrected chi connectivity index (χ2v) is 9.24. The zero-order valence-corrected chi connectivity index (χ0v) is 19.1. The summed E-state index contributed by atoms with van der Waals surface area (Å²) in [6.07, 6.45) is 3.67. The normalized spacial score (nSPS) is 14.6. The first kappa shape index (κ1) is 22.0. The molecule has 0 aliphatic carbocycles. The van der Waals surface area contributed by atoms with Gasteiger partial charge in [-0.1, -0.05) is 29.8 Å². The van der Waals surface area contributed by atoms with Gasteiger partial charge in [0, 0.05) is 49.4 Å². The maximum absolute atomic E-state index is 12.6. The van der Waals surface area contributed by atoms with Crippen molar-refractivity contribution in [3.05, 3.63) is 76.3 Å². The molecule has 6 nitrogen and oxygen atoms in total. The van der Waals surface area contributed by atoms with Crippen molar-refractivity contribution >= 4 is 28.1 Å². The Morgan fingerprint density at radius 2 is 2.00 bits per heavy atom. The topological polar surface area (TPSA) is 72.3 Å². The summed E-state index contributed by atoms with van der Waals surface area (Å²) in [5.74, 6) is -0.0201. The molecule has 1 amide bonds. The van der Waals surface area contributed by atoms with Crippen molar-refractivity contribution in [2.75, 3.05) is 42.9 Å². The highest BCUT2D eigenvalue weighted by atomic mass is 32.1. The van der Waals surface area contributed by atoms with Crippen molar-refractivity contribution in [1.82, 2.24) is 9.88 Å². The number of hydrogen-bond acceptors (Lipinski definition) is 6. The van der Waals surface area contributed by atoms with E-state index in [4.69, 9.17) is 5.26 Å². The number of thiazole rings is 1. The molecule has 1 aliphatic heterocycles. The van der Waals surface area contributed by atoms with Gasteiger partial charge in [-0.25, -0.2) is 4.98 Å². The quantitative estimate of drug-likeness (QED) is 0.619. The molecule has 3 aromatic rings. The van der Waals surface area contributed by atoms with Crippen molar-refractivity contribution in [2.45, 2.75) is 19.8 Å². The molecule has 0 atom stereocenters. The molecule has 1 N–H and O–H groups in total. The van der Waals surface area contributed by atoms with E-state index < -0.39 is 0 Å². The molecule has 0 saturated carbocycles. The lowest BCUT2D eigenvalue weighted by Gasteiger charge is -2.23. The molecule has 4 rings (SSSR count). The van der Waals surface area contributed by atoms with Gasteiger partial charge >= 0.3 is 0 Å². The zero-order chi connectivity index (χ0) is 22.3. The Bertz CT molecular complexity index is 1100. The molecule has 2 aromatic carbocycles. The summed E-state index contributed by atoms with van der Waals surface area (Å²) in [4.78, 5) is 22.6. The van der Waals surface area contributed by atoms with Crippen LogP contribution in [0.25, 0.3) is 0 Å². The molecule has 7 heteroatoms. The van der Waals surface area contributed by atoms with Crippen molar-refractivity contribution in [2.24, 2.45) is 0 Å². The SMILES string of the molecule is Cc1cccc(Cc2cnc(NC(=O)CN3CCCN(c4ccc(C#N)cc4)CC3)s2)c1. The first-order valence-corrected chi connectivity index (χ1v) is 11.7. The minimum Gasteiger partial charge on any atom is -0.370 e. The lowest BCUT2D eigenvalue weighted by atomic mass is 10.1. The summed E-state index contributed by atoms with van der Waals surface area (Å²) in [7, 11) is 0. The zero-order valence-electron chi connectivity index (χ0n) is 18.3. The summed E-state index contributed by atoms with van der Waals surface area (Å²) in [5.41, 5.74) is 4.30. The van der Waals surface area contributed by atoms with Crippen LogP contribution in [-0.4, -0.2) is 48.5 Å². The minimum absolute atomic E-state index is 0.0201. The van der Waals surface area contributed by atoms with E-state index in [2.05, 4.69) is 57.4 Å². The Hall–Kier alpha value is -3.21. The predicted molar refractivity (Wildman–Crippen MR) is 129 cm³/mol. The van der Waals surface area contributed by atoms with Gasteiger partial charge in [-0.15, -0.1) is 11.3 Å². The summed E-state index contributed by atoms with van der Waals surface area (Å²) in [6.45, 7) is 5.97. The number of aromatic nitrogens is 1. The van der Waals surface area contributed by atoms with Crippen LogP contribution in [-0.2, 0) is 11.2 Å². The van der Waals surface area contributed by atoms with E-state index in [1.807, 2.05) is 30.5 Å². The van der Waals surface area contributed by atoms with Gasteiger partial charge in [0.2, 0.25) is 5.91 Å². The van der Waals surface area contributed by atoms with E-state index in [0.29, 0.717) is 17.2 Å². The van der Waals surface area contributed by atoms with Crippen LogP contribution < -0.4 is 10.2 Å². The highest BCUT2D eigenvalue weighted by molar-refractivity contribution is 7.15. The first-order valence-electron chi connectivity index (χ1n) is 10.9. The third-order valence-corrected chi connectivity index (χ3v) is 6.49. The van der Waals surface area contributed by atoms with Crippen LogP contribution in [0, 0.1) is 18.3 Å². The highest BCUT2D eigenvalue weighted by Crippen LogP contribution is 2.22. The van der Waals surface area contributed by atoms with E-state index >= 15 is 0 Å². The number of nitrogens with zero attached hydrogens (tertiary/aromatic N) is 4. The Morgan fingerprint density at radius 3 is 2.78 bits per heavy atom. The van der Waals surface area contributed by atoms with Crippen molar-refractivity contribution in [1.29, 1.82) is 5.26 Å². The Labute approximate surface area is 193 Å². The lowest BCUT2D eigenvalue weighted by Crippen LogP contribution is -2.36. The summed E-state index contributed by atoms with van der Waals surface area (Å²) >= 11 is 1.54. The summed E-state index contributed by atoms with van der Waals surface area (Å²) in [6, 6.07) is 18.3. The summed E-state index contributed by atoms with van der Waals surface area (Å²) in [5, 5.41) is 12.6. The lowest BCUT2D eigenvalue weighted by molar-refractivity contribution is -0.117. The average molecular weight is 446 g/mol. The number of anilines is 2. The molecule has 1 aliphatic rings. The van der Waals surface area contributed by atoms with Crippen LogP contribution in [0.3, 0.4) is 0 Å². The van der Waals surface area contributed by atoms with E-state index in [1.54, 1.807) is 0 Å². The van der Waals surface area contributed by atoms with E-state index in [-0.39, 0.29) is 5.91 Å². The first-order chi connectivity index (χ1) is 15.6. The fraction of sp³-hybridized carbons (Fsp3) is 0.320. The standard InChI is InChI=1S/C25H27N5OS/c1-19-4-2-5-21(14-19)15-23-17-27-25(32-23)28-24(31)18-29-10-3-11-30(13-12-29)22-8-6-20(16-26)7-9-22/h2,4-9,14,17H,3,10-13,15,18H2,1H3,(H,27,28,31). The largest absolute Gasteiger partial charge is 0.370 e. The predicted octanol–water partition coefficient (Wildman–Crippen LogP) is 4.06. The maximum atomic E-state index is 12.6. The van der Waals surface area contributed by atoms with Gasteiger partial charge in [0.05, 0.1) is 18.2 Å². The van der Waals surface area contributed by atoms with E-state index in [0.717, 1.165) is 49.6 Å². The number of amides is 1. The average Bonchev–Trinajstić information content (AvgIpc) is 3.08. The molecule has 0 radical (unpaired) electrons. The van der Waals surface area contributed by atoms with Crippen LogP contribution in [0.4, 0.5) is 10.8 Å². The molecule has 0 spiro atoms. The van der Waals surface area contributed by atoms with Gasteiger partial charge in [-0.05, 0) is 43.2 Å². The number of benzene rings is 2. The molecule has 1 saturated heterocycles. The number of nitrogens with one attached hydrogen (secondary N) is 1. The number of nitriles is 1. The molecule has 32 heavy (non-hydrogen) atoms. The summed E-state index contributed by atoms with van der Waals surface area (Å²) < 4.78 is 0. The van der Waals surface area contributed by atoms with Crippen LogP contribution in [0.5, 0.6) is 0 Å². The Kier molecular flexibility index (Phi) is 7.15. The second-order valence-electron chi connectivity index (χ2n) is 8.12.